The third-order valence-corrected chi connectivity index (χ3v) is 3.81. The minimum Gasteiger partial charge on any atom is -0.380 e. The van der Waals surface area contributed by atoms with Crippen LogP contribution in [0.2, 0.25) is 0 Å². The molecule has 1 aromatic rings. The smallest absolute Gasteiger partial charge is 0.254 e. The summed E-state index contributed by atoms with van der Waals surface area (Å²) in [5.41, 5.74) is 6.86. The fraction of sp³-hybridized carbons (Fsp3) is 0.467. The van der Waals surface area contributed by atoms with Crippen molar-refractivity contribution in [1.29, 1.82) is 0 Å². The van der Waals surface area contributed by atoms with Gasteiger partial charge < -0.3 is 15.4 Å². The van der Waals surface area contributed by atoms with Gasteiger partial charge in [-0.25, -0.2) is 0 Å². The van der Waals surface area contributed by atoms with E-state index in [0.29, 0.717) is 25.3 Å². The largest absolute Gasteiger partial charge is 0.380 e. The minimum absolute atomic E-state index is 0.0618. The highest BCUT2D eigenvalue weighted by atomic mass is 16.5. The van der Waals surface area contributed by atoms with E-state index >= 15 is 0 Å². The molecule has 1 aromatic carbocycles. The summed E-state index contributed by atoms with van der Waals surface area (Å²) in [6.45, 7) is 3.30. The molecule has 0 unspecified atom stereocenters. The lowest BCUT2D eigenvalue weighted by Gasteiger charge is -2.18. The molecule has 108 valence electrons. The average molecular weight is 276 g/mol. The van der Waals surface area contributed by atoms with Gasteiger partial charge in [-0.05, 0) is 17.5 Å². The lowest BCUT2D eigenvalue weighted by Crippen LogP contribution is -2.32. The number of amides is 2. The molecule has 1 aliphatic rings. The molecule has 2 rings (SSSR count). The molecule has 0 bridgehead atoms. The van der Waals surface area contributed by atoms with Gasteiger partial charge in [0.25, 0.3) is 5.91 Å². The van der Waals surface area contributed by atoms with Crippen LogP contribution in [0.1, 0.15) is 22.8 Å². The normalized spacial score (nSPS) is 22.0. The van der Waals surface area contributed by atoms with Crippen LogP contribution in [0.3, 0.4) is 0 Å². The van der Waals surface area contributed by atoms with E-state index in [1.165, 1.54) is 0 Å². The molecule has 1 fully saturated rings. The van der Waals surface area contributed by atoms with E-state index < -0.39 is 0 Å². The number of carbonyl (C=O) groups is 2. The monoisotopic (exact) mass is 276 g/mol. The van der Waals surface area contributed by atoms with Crippen molar-refractivity contribution in [2.24, 2.45) is 17.6 Å². The molecular formula is C15H20N2O3. The molecule has 1 aliphatic heterocycles. The van der Waals surface area contributed by atoms with E-state index in [0.717, 1.165) is 5.56 Å². The van der Waals surface area contributed by atoms with Crippen molar-refractivity contribution in [2.75, 3.05) is 20.2 Å². The second-order valence-electron chi connectivity index (χ2n) is 5.29. The van der Waals surface area contributed by atoms with E-state index in [-0.39, 0.29) is 23.7 Å². The first-order valence-electron chi connectivity index (χ1n) is 6.70. The number of nitrogens with two attached hydrogens (primary N) is 1. The van der Waals surface area contributed by atoms with E-state index in [9.17, 15) is 9.59 Å². The highest BCUT2D eigenvalue weighted by Crippen LogP contribution is 2.25. The van der Waals surface area contributed by atoms with Crippen molar-refractivity contribution in [2.45, 2.75) is 13.5 Å². The maximum Gasteiger partial charge on any atom is 0.254 e. The summed E-state index contributed by atoms with van der Waals surface area (Å²) in [6, 6.07) is 7.38. The van der Waals surface area contributed by atoms with Crippen LogP contribution in [0.4, 0.5) is 0 Å². The number of carbonyl (C=O) groups excluding carboxylic acids is 2. The van der Waals surface area contributed by atoms with Crippen molar-refractivity contribution in [3.63, 3.8) is 0 Å². The van der Waals surface area contributed by atoms with Crippen molar-refractivity contribution in [1.82, 2.24) is 4.90 Å². The molecule has 0 aliphatic carbocycles. The van der Waals surface area contributed by atoms with Gasteiger partial charge in [-0.3, -0.25) is 9.59 Å². The molecule has 0 spiro atoms. The fourth-order valence-corrected chi connectivity index (χ4v) is 2.68. The summed E-state index contributed by atoms with van der Waals surface area (Å²) in [4.78, 5) is 25.6. The first-order chi connectivity index (χ1) is 9.54. The molecule has 2 N–H and O–H groups in total. The Morgan fingerprint density at radius 3 is 2.65 bits per heavy atom. The number of ether oxygens (including phenoxy) is 1. The average Bonchev–Trinajstić information content (AvgIpc) is 2.81. The Morgan fingerprint density at radius 2 is 2.05 bits per heavy atom. The number of rotatable bonds is 4. The van der Waals surface area contributed by atoms with Gasteiger partial charge in [0, 0.05) is 25.8 Å². The summed E-state index contributed by atoms with van der Waals surface area (Å²) in [5.74, 6) is -0.550. The second kappa shape index (κ2) is 6.05. The van der Waals surface area contributed by atoms with Crippen molar-refractivity contribution in [3.05, 3.63) is 35.4 Å². The molecule has 5 heteroatoms. The van der Waals surface area contributed by atoms with Crippen LogP contribution in [0.15, 0.2) is 24.3 Å². The predicted octanol–water partition coefficient (Wildman–Crippen LogP) is 1.03. The predicted molar refractivity (Wildman–Crippen MR) is 74.9 cm³/mol. The number of hydrogen-bond donors (Lipinski definition) is 1. The number of likely N-dealkylation sites (tertiary alicyclic amines) is 1. The number of nitrogens with zero attached hydrogens (tertiary/aromatic N) is 1. The molecule has 2 atom stereocenters. The van der Waals surface area contributed by atoms with Crippen LogP contribution in [0.5, 0.6) is 0 Å². The van der Waals surface area contributed by atoms with Crippen LogP contribution in [0, 0.1) is 11.8 Å². The zero-order valence-corrected chi connectivity index (χ0v) is 11.8. The first kappa shape index (κ1) is 14.5. The third kappa shape index (κ3) is 2.82. The lowest BCUT2D eigenvalue weighted by molar-refractivity contribution is -0.122. The number of hydrogen-bond acceptors (Lipinski definition) is 3. The molecule has 1 heterocycles. The molecular weight excluding hydrogens is 256 g/mol. The van der Waals surface area contributed by atoms with Gasteiger partial charge in [-0.1, -0.05) is 25.1 Å². The van der Waals surface area contributed by atoms with E-state index in [1.54, 1.807) is 18.1 Å². The minimum atomic E-state index is -0.335. The van der Waals surface area contributed by atoms with E-state index in [1.807, 2.05) is 25.1 Å². The molecule has 2 amide bonds. The van der Waals surface area contributed by atoms with E-state index in [2.05, 4.69) is 0 Å². The Bertz CT molecular complexity index is 516. The standard InChI is InChI=1S/C15H20N2O3/c1-10-7-17(8-13(10)14(16)18)15(19)12-6-4-3-5-11(12)9-20-2/h3-6,10,13H,7-9H2,1-2H3,(H2,16,18)/t10-,13-/m1/s1. The van der Waals surface area contributed by atoms with Crippen molar-refractivity contribution in [3.8, 4) is 0 Å². The van der Waals surface area contributed by atoms with Gasteiger partial charge in [0.2, 0.25) is 5.91 Å². The fourth-order valence-electron chi connectivity index (χ4n) is 2.68. The van der Waals surface area contributed by atoms with Gasteiger partial charge in [0.1, 0.15) is 0 Å². The summed E-state index contributed by atoms with van der Waals surface area (Å²) in [7, 11) is 1.60. The third-order valence-electron chi connectivity index (χ3n) is 3.81. The lowest BCUT2D eigenvalue weighted by atomic mass is 9.98. The SMILES string of the molecule is COCc1ccccc1C(=O)N1C[C@@H](C)[C@H](C(N)=O)C1. The van der Waals surface area contributed by atoms with Crippen LogP contribution in [0.25, 0.3) is 0 Å². The molecule has 1 saturated heterocycles. The Morgan fingerprint density at radius 1 is 1.35 bits per heavy atom. The number of benzene rings is 1. The number of methoxy groups -OCH3 is 1. The summed E-state index contributed by atoms with van der Waals surface area (Å²) in [5, 5.41) is 0. The zero-order valence-electron chi connectivity index (χ0n) is 11.8. The summed E-state index contributed by atoms with van der Waals surface area (Å²) < 4.78 is 5.12. The first-order valence-corrected chi connectivity index (χ1v) is 6.70. The molecule has 5 nitrogen and oxygen atoms in total. The number of primary amides is 1. The Hall–Kier alpha value is -1.88. The van der Waals surface area contributed by atoms with Crippen LogP contribution < -0.4 is 5.73 Å². The maximum atomic E-state index is 12.6. The summed E-state index contributed by atoms with van der Waals surface area (Å²) in [6.07, 6.45) is 0. The van der Waals surface area contributed by atoms with Crippen molar-refractivity contribution < 1.29 is 14.3 Å². The second-order valence-corrected chi connectivity index (χ2v) is 5.29. The zero-order chi connectivity index (χ0) is 14.7. The van der Waals surface area contributed by atoms with E-state index in [4.69, 9.17) is 10.5 Å². The Kier molecular flexibility index (Phi) is 4.39. The Labute approximate surface area is 118 Å². The van der Waals surface area contributed by atoms with Gasteiger partial charge in [-0.2, -0.15) is 0 Å². The highest BCUT2D eigenvalue weighted by Gasteiger charge is 2.36. The summed E-state index contributed by atoms with van der Waals surface area (Å²) >= 11 is 0. The van der Waals surface area contributed by atoms with Gasteiger partial charge >= 0.3 is 0 Å². The Balaban J connectivity index is 2.19. The molecule has 0 radical (unpaired) electrons. The van der Waals surface area contributed by atoms with Gasteiger partial charge in [0.15, 0.2) is 0 Å². The topological polar surface area (TPSA) is 72.6 Å². The van der Waals surface area contributed by atoms with Gasteiger partial charge in [0.05, 0.1) is 12.5 Å². The quantitative estimate of drug-likeness (QED) is 0.892. The van der Waals surface area contributed by atoms with Crippen LogP contribution in [-0.4, -0.2) is 36.9 Å². The molecule has 0 aromatic heterocycles. The van der Waals surface area contributed by atoms with Crippen LogP contribution in [-0.2, 0) is 16.1 Å². The highest BCUT2D eigenvalue weighted by molar-refractivity contribution is 5.96. The molecule has 0 saturated carbocycles. The van der Waals surface area contributed by atoms with Crippen molar-refractivity contribution >= 4 is 11.8 Å². The van der Waals surface area contributed by atoms with Gasteiger partial charge in [-0.15, -0.1) is 0 Å². The van der Waals surface area contributed by atoms with Crippen LogP contribution >= 0.6 is 0 Å². The maximum absolute atomic E-state index is 12.6. The molecule has 20 heavy (non-hydrogen) atoms.